The Morgan fingerprint density at radius 1 is 0.302 bits per heavy atom. The Morgan fingerprint density at radius 2 is 0.524 bits per heavy atom. The molecule has 0 saturated heterocycles. The molecule has 0 bridgehead atoms. The van der Waals surface area contributed by atoms with Crippen LogP contribution in [0.15, 0.2) is 36.5 Å². The molecule has 0 aromatic heterocycles. The van der Waals surface area contributed by atoms with E-state index in [0.717, 1.165) is 77.0 Å². The molecule has 0 rings (SSSR count). The van der Waals surface area contributed by atoms with Crippen LogP contribution in [0.3, 0.4) is 0 Å². The van der Waals surface area contributed by atoms with Crippen molar-refractivity contribution < 1.29 is 28.6 Å². The number of rotatable bonds is 50. The van der Waals surface area contributed by atoms with Crippen LogP contribution in [0.5, 0.6) is 0 Å². The first-order chi connectivity index (χ1) is 31.0. The van der Waals surface area contributed by atoms with E-state index in [0.29, 0.717) is 19.3 Å². The lowest BCUT2D eigenvalue weighted by Gasteiger charge is -2.18. The lowest BCUT2D eigenvalue weighted by atomic mass is 10.1. The van der Waals surface area contributed by atoms with Crippen molar-refractivity contribution in [2.24, 2.45) is 0 Å². The highest BCUT2D eigenvalue weighted by molar-refractivity contribution is 5.71. The van der Waals surface area contributed by atoms with Gasteiger partial charge in [0.15, 0.2) is 6.10 Å². The van der Waals surface area contributed by atoms with Crippen LogP contribution in [-0.2, 0) is 28.6 Å². The summed E-state index contributed by atoms with van der Waals surface area (Å²) in [7, 11) is 0. The van der Waals surface area contributed by atoms with Gasteiger partial charge >= 0.3 is 17.9 Å². The van der Waals surface area contributed by atoms with E-state index >= 15 is 0 Å². The minimum atomic E-state index is -0.778. The summed E-state index contributed by atoms with van der Waals surface area (Å²) in [6.45, 7) is 6.61. The number of carbonyl (C=O) groups excluding carboxylic acids is 3. The van der Waals surface area contributed by atoms with Gasteiger partial charge in [-0.05, 0) is 96.3 Å². The number of allylic oxidation sites excluding steroid dienone is 6. The Bertz CT molecular complexity index is 1060. The molecule has 0 amide bonds. The SMILES string of the molecule is CCCCCC/C=C/CCCCCCCC(=O)OC[C@H](COC(=O)CCCCCCCCCCC/C=C/CCCCCCCC)OC(=O)CCCCCCC/C=C/CCCCCC. The summed E-state index contributed by atoms with van der Waals surface area (Å²) in [5.74, 6) is -0.886. The standard InChI is InChI=1S/C57H104O6/c1-4-7-10-13-16-19-22-25-26-27-28-29-30-33-35-38-41-44-47-50-56(59)62-53-54(63-57(60)51-48-45-42-39-36-32-24-21-18-15-12-9-6-3)52-61-55(58)49-46-43-40-37-34-31-23-20-17-14-11-8-5-2/h20-21,23-26,54H,4-19,22,27-53H2,1-3H3/b23-20+,24-21+,26-25+/t54-/m1/s1. The smallest absolute Gasteiger partial charge is 0.306 e. The largest absolute Gasteiger partial charge is 0.462 e. The molecule has 368 valence electrons. The Labute approximate surface area is 391 Å². The van der Waals surface area contributed by atoms with Crippen molar-refractivity contribution in [2.45, 2.75) is 297 Å². The van der Waals surface area contributed by atoms with Crippen LogP contribution in [-0.4, -0.2) is 37.2 Å². The highest BCUT2D eigenvalue weighted by atomic mass is 16.6. The van der Waals surface area contributed by atoms with Crippen LogP contribution in [0.4, 0.5) is 0 Å². The van der Waals surface area contributed by atoms with Crippen LogP contribution >= 0.6 is 0 Å². The maximum absolute atomic E-state index is 12.8. The third-order valence-electron chi connectivity index (χ3n) is 12.1. The maximum atomic E-state index is 12.8. The normalized spacial score (nSPS) is 12.2. The molecule has 0 spiro atoms. The van der Waals surface area contributed by atoms with Crippen molar-refractivity contribution in [1.82, 2.24) is 0 Å². The summed E-state index contributed by atoms with van der Waals surface area (Å²) in [6, 6.07) is 0. The predicted octanol–water partition coefficient (Wildman–Crippen LogP) is 18.1. The molecule has 63 heavy (non-hydrogen) atoms. The van der Waals surface area contributed by atoms with E-state index in [2.05, 4.69) is 57.2 Å². The molecule has 0 aliphatic heterocycles. The molecule has 0 radical (unpaired) electrons. The highest BCUT2D eigenvalue weighted by Crippen LogP contribution is 2.15. The number of unbranched alkanes of at least 4 members (excludes halogenated alkanes) is 33. The second-order valence-corrected chi connectivity index (χ2v) is 18.5. The van der Waals surface area contributed by atoms with Gasteiger partial charge in [-0.1, -0.05) is 211 Å². The summed E-state index contributed by atoms with van der Waals surface area (Å²) in [6.07, 6.45) is 61.3. The van der Waals surface area contributed by atoms with Gasteiger partial charge in [-0.2, -0.15) is 0 Å². The third kappa shape index (κ3) is 50.5. The summed E-state index contributed by atoms with van der Waals surface area (Å²) in [4.78, 5) is 38.0. The zero-order valence-electron chi connectivity index (χ0n) is 42.1. The first kappa shape index (κ1) is 60.6. The van der Waals surface area contributed by atoms with Crippen molar-refractivity contribution in [3.8, 4) is 0 Å². The molecule has 0 aliphatic rings. The average molecular weight is 885 g/mol. The molecule has 0 aliphatic carbocycles. The van der Waals surface area contributed by atoms with Gasteiger partial charge in [-0.25, -0.2) is 0 Å². The first-order valence-electron chi connectivity index (χ1n) is 27.5. The van der Waals surface area contributed by atoms with E-state index in [4.69, 9.17) is 14.2 Å². The Hall–Kier alpha value is -2.37. The minimum absolute atomic E-state index is 0.0773. The van der Waals surface area contributed by atoms with E-state index < -0.39 is 6.10 Å². The van der Waals surface area contributed by atoms with Crippen LogP contribution in [0.2, 0.25) is 0 Å². The van der Waals surface area contributed by atoms with Gasteiger partial charge in [0, 0.05) is 19.3 Å². The van der Waals surface area contributed by atoms with Crippen molar-refractivity contribution in [1.29, 1.82) is 0 Å². The molecule has 6 nitrogen and oxygen atoms in total. The number of esters is 3. The van der Waals surface area contributed by atoms with Gasteiger partial charge in [0.1, 0.15) is 13.2 Å². The number of carbonyl (C=O) groups is 3. The Morgan fingerprint density at radius 3 is 0.810 bits per heavy atom. The quantitative estimate of drug-likeness (QED) is 0.0262. The van der Waals surface area contributed by atoms with Crippen molar-refractivity contribution >= 4 is 17.9 Å². The number of hydrogen-bond donors (Lipinski definition) is 0. The van der Waals surface area contributed by atoms with Gasteiger partial charge in [-0.3, -0.25) is 14.4 Å². The number of hydrogen-bond acceptors (Lipinski definition) is 6. The lowest BCUT2D eigenvalue weighted by Crippen LogP contribution is -2.30. The fraction of sp³-hybridized carbons (Fsp3) is 0.842. The van der Waals surface area contributed by atoms with Crippen LogP contribution in [0.1, 0.15) is 290 Å². The fourth-order valence-corrected chi connectivity index (χ4v) is 7.90. The van der Waals surface area contributed by atoms with Crippen LogP contribution < -0.4 is 0 Å². The van der Waals surface area contributed by atoms with Gasteiger partial charge in [0.05, 0.1) is 0 Å². The van der Waals surface area contributed by atoms with Crippen LogP contribution in [0, 0.1) is 0 Å². The Kier molecular flexibility index (Phi) is 50.3. The monoisotopic (exact) mass is 885 g/mol. The van der Waals surface area contributed by atoms with Gasteiger partial charge < -0.3 is 14.2 Å². The second-order valence-electron chi connectivity index (χ2n) is 18.5. The van der Waals surface area contributed by atoms with Crippen LogP contribution in [0.25, 0.3) is 0 Å². The van der Waals surface area contributed by atoms with Gasteiger partial charge in [-0.15, -0.1) is 0 Å². The van der Waals surface area contributed by atoms with E-state index in [9.17, 15) is 14.4 Å². The molecule has 0 fully saturated rings. The molecule has 0 aromatic rings. The summed E-state index contributed by atoms with van der Waals surface area (Å²) >= 11 is 0. The molecule has 6 heteroatoms. The van der Waals surface area contributed by atoms with Crippen molar-refractivity contribution in [3.05, 3.63) is 36.5 Å². The van der Waals surface area contributed by atoms with Gasteiger partial charge in [0.2, 0.25) is 0 Å². The van der Waals surface area contributed by atoms with Gasteiger partial charge in [0.25, 0.3) is 0 Å². The highest BCUT2D eigenvalue weighted by Gasteiger charge is 2.19. The zero-order chi connectivity index (χ0) is 45.8. The van der Waals surface area contributed by atoms with E-state index in [1.807, 2.05) is 0 Å². The van der Waals surface area contributed by atoms with E-state index in [1.165, 1.54) is 173 Å². The predicted molar refractivity (Wildman–Crippen MR) is 270 cm³/mol. The molecule has 0 heterocycles. The fourth-order valence-electron chi connectivity index (χ4n) is 7.90. The van der Waals surface area contributed by atoms with E-state index in [-0.39, 0.29) is 31.1 Å². The Balaban J connectivity index is 4.33. The molecule has 0 saturated carbocycles. The molecular formula is C57H104O6. The lowest BCUT2D eigenvalue weighted by molar-refractivity contribution is -0.167. The zero-order valence-corrected chi connectivity index (χ0v) is 42.1. The molecule has 0 aromatic carbocycles. The van der Waals surface area contributed by atoms with Crippen molar-refractivity contribution in [2.75, 3.05) is 13.2 Å². The summed E-state index contributed by atoms with van der Waals surface area (Å²) in [5.41, 5.74) is 0. The minimum Gasteiger partial charge on any atom is -0.462 e. The molecule has 0 N–H and O–H groups in total. The maximum Gasteiger partial charge on any atom is 0.306 e. The average Bonchev–Trinajstić information content (AvgIpc) is 3.28. The molecular weight excluding hydrogens is 781 g/mol. The molecule has 1 atom stereocenters. The topological polar surface area (TPSA) is 78.9 Å². The first-order valence-corrected chi connectivity index (χ1v) is 27.5. The summed E-state index contributed by atoms with van der Waals surface area (Å²) in [5, 5.41) is 0. The third-order valence-corrected chi connectivity index (χ3v) is 12.1. The second kappa shape index (κ2) is 52.3. The van der Waals surface area contributed by atoms with Crippen molar-refractivity contribution in [3.63, 3.8) is 0 Å². The van der Waals surface area contributed by atoms with E-state index in [1.54, 1.807) is 0 Å². The molecule has 0 unspecified atom stereocenters. The number of ether oxygens (including phenoxy) is 3. The summed E-state index contributed by atoms with van der Waals surface area (Å²) < 4.78 is 16.8.